The third-order valence-electron chi connectivity index (χ3n) is 6.54. The first kappa shape index (κ1) is 24.6. The molecule has 10 heteroatoms. The van der Waals surface area contributed by atoms with E-state index >= 15 is 0 Å². The molecule has 5 rings (SSSR count). The maximum absolute atomic E-state index is 14.0. The molecule has 1 atom stereocenters. The first-order valence-corrected chi connectivity index (χ1v) is 14.2. The van der Waals surface area contributed by atoms with Crippen LogP contribution in [0, 0.1) is 20.8 Å². The zero-order valence-electron chi connectivity index (χ0n) is 20.6. The van der Waals surface area contributed by atoms with Gasteiger partial charge in [0, 0.05) is 25.5 Å². The van der Waals surface area contributed by atoms with E-state index in [2.05, 4.69) is 17.2 Å². The molecule has 0 radical (unpaired) electrons. The number of rotatable bonds is 7. The van der Waals surface area contributed by atoms with Crippen molar-refractivity contribution < 1.29 is 13.2 Å². The Morgan fingerprint density at radius 2 is 1.92 bits per heavy atom. The minimum absolute atomic E-state index is 0.210. The van der Waals surface area contributed by atoms with E-state index in [1.54, 1.807) is 40.0 Å². The minimum Gasteiger partial charge on any atom is -0.285 e. The van der Waals surface area contributed by atoms with E-state index in [1.807, 2.05) is 33.0 Å². The standard InChI is InChI=1S/C26H29N5O3S2/c1-18-7-9-21(10-8-18)36(33,34)31-13-4-6-22(31)25(32)30(15-14-29-12-5-11-27-29)26-28-24-20(3)16-19(2)17-23(24)35-26/h5,7-12,16-17,22H,4,6,13-15H2,1-3H3. The lowest BCUT2D eigenvalue weighted by molar-refractivity contribution is -0.121. The summed E-state index contributed by atoms with van der Waals surface area (Å²) in [5.74, 6) is -0.247. The van der Waals surface area contributed by atoms with Gasteiger partial charge >= 0.3 is 0 Å². The predicted molar refractivity (Wildman–Crippen MR) is 142 cm³/mol. The number of nitrogens with zero attached hydrogens (tertiary/aromatic N) is 5. The molecular formula is C26H29N5O3S2. The number of carbonyl (C=O) groups excluding carboxylic acids is 1. The number of carbonyl (C=O) groups is 1. The molecule has 2 aromatic carbocycles. The van der Waals surface area contributed by atoms with Gasteiger partial charge in [-0.15, -0.1) is 0 Å². The van der Waals surface area contributed by atoms with E-state index in [9.17, 15) is 13.2 Å². The lowest BCUT2D eigenvalue weighted by Gasteiger charge is -2.28. The average molecular weight is 524 g/mol. The summed E-state index contributed by atoms with van der Waals surface area (Å²) in [6, 6.07) is 12.0. The van der Waals surface area contributed by atoms with Crippen LogP contribution in [0.1, 0.15) is 29.5 Å². The van der Waals surface area contributed by atoms with Gasteiger partial charge in [-0.1, -0.05) is 35.1 Å². The average Bonchev–Trinajstić information content (AvgIpc) is 3.60. The monoisotopic (exact) mass is 523 g/mol. The number of fused-ring (bicyclic) bond motifs is 1. The first-order valence-electron chi connectivity index (χ1n) is 12.0. The largest absolute Gasteiger partial charge is 0.285 e. The number of benzene rings is 2. The molecule has 3 heterocycles. The van der Waals surface area contributed by atoms with Gasteiger partial charge in [-0.25, -0.2) is 13.4 Å². The number of aryl methyl sites for hydroxylation is 3. The van der Waals surface area contributed by atoms with Crippen LogP contribution in [0.3, 0.4) is 0 Å². The highest BCUT2D eigenvalue weighted by molar-refractivity contribution is 7.89. The second kappa shape index (κ2) is 9.76. The first-order chi connectivity index (χ1) is 17.2. The number of amides is 1. The van der Waals surface area contributed by atoms with Crippen LogP contribution in [0.2, 0.25) is 0 Å². The minimum atomic E-state index is -3.81. The number of sulfonamides is 1. The van der Waals surface area contributed by atoms with Gasteiger partial charge < -0.3 is 0 Å². The summed E-state index contributed by atoms with van der Waals surface area (Å²) in [5, 5.41) is 4.84. The van der Waals surface area contributed by atoms with Crippen molar-refractivity contribution in [1.82, 2.24) is 19.1 Å². The molecule has 0 aliphatic carbocycles. The summed E-state index contributed by atoms with van der Waals surface area (Å²) in [6.07, 6.45) is 4.65. The van der Waals surface area contributed by atoms with Gasteiger partial charge in [-0.2, -0.15) is 9.40 Å². The Kier molecular flexibility index (Phi) is 6.67. The molecule has 0 saturated carbocycles. The van der Waals surface area contributed by atoms with Gasteiger partial charge in [0.25, 0.3) is 0 Å². The number of hydrogen-bond acceptors (Lipinski definition) is 6. The molecule has 1 amide bonds. The smallest absolute Gasteiger partial charge is 0.247 e. The number of hydrogen-bond donors (Lipinski definition) is 0. The van der Waals surface area contributed by atoms with Gasteiger partial charge in [-0.05, 0) is 69.0 Å². The zero-order chi connectivity index (χ0) is 25.4. The van der Waals surface area contributed by atoms with Crippen molar-refractivity contribution in [1.29, 1.82) is 0 Å². The highest BCUT2D eigenvalue weighted by Crippen LogP contribution is 2.34. The Morgan fingerprint density at radius 1 is 1.14 bits per heavy atom. The van der Waals surface area contributed by atoms with Gasteiger partial charge in [0.15, 0.2) is 5.13 Å². The van der Waals surface area contributed by atoms with Gasteiger partial charge in [0.2, 0.25) is 15.9 Å². The molecule has 1 unspecified atom stereocenters. The molecule has 0 bridgehead atoms. The maximum atomic E-state index is 14.0. The molecule has 1 aliphatic heterocycles. The van der Waals surface area contributed by atoms with Crippen molar-refractivity contribution in [3.63, 3.8) is 0 Å². The Balaban J connectivity index is 1.50. The molecule has 1 saturated heterocycles. The van der Waals surface area contributed by atoms with Crippen LogP contribution in [-0.2, 0) is 21.4 Å². The van der Waals surface area contributed by atoms with Crippen LogP contribution in [0.15, 0.2) is 59.8 Å². The Labute approximate surface area is 215 Å². The highest BCUT2D eigenvalue weighted by Gasteiger charge is 2.42. The quantitative estimate of drug-likeness (QED) is 0.360. The fourth-order valence-electron chi connectivity index (χ4n) is 4.71. The number of thiazole rings is 1. The molecule has 2 aromatic heterocycles. The summed E-state index contributed by atoms with van der Waals surface area (Å²) in [5.41, 5.74) is 4.04. The van der Waals surface area contributed by atoms with Gasteiger partial charge in [-0.3, -0.25) is 14.4 Å². The molecule has 8 nitrogen and oxygen atoms in total. The van der Waals surface area contributed by atoms with E-state index in [1.165, 1.54) is 15.6 Å². The maximum Gasteiger partial charge on any atom is 0.247 e. The van der Waals surface area contributed by atoms with Crippen LogP contribution in [0.4, 0.5) is 5.13 Å². The van der Waals surface area contributed by atoms with Gasteiger partial charge in [0.05, 0.1) is 21.7 Å². The summed E-state index contributed by atoms with van der Waals surface area (Å²) in [7, 11) is -3.81. The molecule has 1 aliphatic rings. The molecule has 1 fully saturated rings. The van der Waals surface area contributed by atoms with Crippen LogP contribution in [-0.4, -0.2) is 52.5 Å². The third-order valence-corrected chi connectivity index (χ3v) is 9.49. The molecular weight excluding hydrogens is 494 g/mol. The van der Waals surface area contributed by atoms with Crippen molar-refractivity contribution in [3.05, 3.63) is 71.5 Å². The Hall–Kier alpha value is -3.08. The van der Waals surface area contributed by atoms with E-state index in [0.29, 0.717) is 37.6 Å². The molecule has 36 heavy (non-hydrogen) atoms. The van der Waals surface area contributed by atoms with Crippen LogP contribution in [0.25, 0.3) is 10.2 Å². The summed E-state index contributed by atoms with van der Waals surface area (Å²) in [6.45, 7) is 7.10. The SMILES string of the molecule is Cc1ccc(S(=O)(=O)N2CCCC2C(=O)N(CCn2cccn2)c2nc3c(C)cc(C)cc3s2)cc1. The van der Waals surface area contributed by atoms with E-state index in [0.717, 1.165) is 26.9 Å². The van der Waals surface area contributed by atoms with E-state index in [-0.39, 0.29) is 10.8 Å². The lowest BCUT2D eigenvalue weighted by Crippen LogP contribution is -2.48. The van der Waals surface area contributed by atoms with Crippen molar-refractivity contribution >= 4 is 42.6 Å². The molecule has 188 valence electrons. The third kappa shape index (κ3) is 4.68. The van der Waals surface area contributed by atoms with Crippen molar-refractivity contribution in [3.8, 4) is 0 Å². The topological polar surface area (TPSA) is 88.4 Å². The second-order valence-corrected chi connectivity index (χ2v) is 12.2. The van der Waals surface area contributed by atoms with Crippen molar-refractivity contribution in [2.75, 3.05) is 18.0 Å². The van der Waals surface area contributed by atoms with Gasteiger partial charge in [0.1, 0.15) is 6.04 Å². The molecule has 0 spiro atoms. The number of aromatic nitrogens is 3. The second-order valence-electron chi connectivity index (χ2n) is 9.27. The predicted octanol–water partition coefficient (Wildman–Crippen LogP) is 4.30. The number of anilines is 1. The Morgan fingerprint density at radius 3 is 2.64 bits per heavy atom. The summed E-state index contributed by atoms with van der Waals surface area (Å²) in [4.78, 5) is 20.7. The normalized spacial score (nSPS) is 16.6. The van der Waals surface area contributed by atoms with Crippen molar-refractivity contribution in [2.24, 2.45) is 0 Å². The van der Waals surface area contributed by atoms with Crippen LogP contribution < -0.4 is 4.90 Å². The van der Waals surface area contributed by atoms with Crippen LogP contribution >= 0.6 is 11.3 Å². The zero-order valence-corrected chi connectivity index (χ0v) is 22.2. The van der Waals surface area contributed by atoms with E-state index in [4.69, 9.17) is 4.98 Å². The lowest BCUT2D eigenvalue weighted by atomic mass is 10.1. The fraction of sp³-hybridized carbons (Fsp3) is 0.346. The van der Waals surface area contributed by atoms with E-state index < -0.39 is 16.1 Å². The highest BCUT2D eigenvalue weighted by atomic mass is 32.2. The summed E-state index contributed by atoms with van der Waals surface area (Å²) < 4.78 is 31.2. The fourth-order valence-corrected chi connectivity index (χ4v) is 7.53. The molecule has 0 N–H and O–H groups in total. The molecule has 4 aromatic rings. The summed E-state index contributed by atoms with van der Waals surface area (Å²) >= 11 is 1.46. The Bertz CT molecular complexity index is 1490. The van der Waals surface area contributed by atoms with Crippen LogP contribution in [0.5, 0.6) is 0 Å². The van der Waals surface area contributed by atoms with Crippen molar-refractivity contribution in [2.45, 2.75) is 51.1 Å².